The number of nitrogens with zero attached hydrogens (tertiary/aromatic N) is 9. The zero-order chi connectivity index (χ0) is 27.8. The van der Waals surface area contributed by atoms with Gasteiger partial charge in [0, 0.05) is 6.92 Å². The number of rotatable bonds is 6. The highest BCUT2D eigenvalue weighted by Gasteiger charge is 2.29. The number of halogens is 4. The molecule has 2 aromatic rings. The fourth-order valence-electron chi connectivity index (χ4n) is 1.87. The predicted octanol–water partition coefficient (Wildman–Crippen LogP) is 3.57. The molecule has 0 amide bonds. The lowest BCUT2D eigenvalue weighted by Crippen LogP contribution is -2.16. The molecule has 0 bridgehead atoms. The van der Waals surface area contributed by atoms with Gasteiger partial charge in [-0.3, -0.25) is 19.2 Å². The zero-order valence-electron chi connectivity index (χ0n) is 18.7. The molecule has 0 fully saturated rings. The largest absolute Gasteiger partial charge is 0.465 e. The SMILES string of the molecule is CCOC(=O)CC#N.Clc1nc(Cl)nc(Cl)n1.[C-]#[N+]C(C(C)=O)c1nc(Cl)nc(C(C#N)C(C)=O)n1. The van der Waals surface area contributed by atoms with Crippen LogP contribution in [-0.4, -0.2) is 54.0 Å². The number of Topliss-reactive ketones (excluding diaryl/α,β-unsaturated/α-hetero) is 2. The summed E-state index contributed by atoms with van der Waals surface area (Å²) in [7, 11) is 0. The van der Waals surface area contributed by atoms with Gasteiger partial charge in [0.05, 0.1) is 18.7 Å². The topological polar surface area (TPSA) is 190 Å². The lowest BCUT2D eigenvalue weighted by atomic mass is 10.1. The van der Waals surface area contributed by atoms with Crippen LogP contribution in [0.4, 0.5) is 0 Å². The quantitative estimate of drug-likeness (QED) is 0.360. The summed E-state index contributed by atoms with van der Waals surface area (Å²) in [4.78, 5) is 57.4. The van der Waals surface area contributed by atoms with Crippen LogP contribution in [0, 0.1) is 29.2 Å². The third kappa shape index (κ3) is 12.2. The van der Waals surface area contributed by atoms with Crippen LogP contribution in [-0.2, 0) is 19.1 Å². The smallest absolute Gasteiger partial charge is 0.339 e. The van der Waals surface area contributed by atoms with Crippen LogP contribution in [0.5, 0.6) is 0 Å². The Kier molecular flexibility index (Phi) is 15.3. The molecule has 0 aliphatic rings. The number of ether oxygens (including phenoxy) is 1. The van der Waals surface area contributed by atoms with Crippen molar-refractivity contribution in [2.24, 2.45) is 0 Å². The number of hydrogen-bond acceptors (Lipinski definition) is 12. The second kappa shape index (κ2) is 17.0. The van der Waals surface area contributed by atoms with Crippen molar-refractivity contribution in [1.29, 1.82) is 10.5 Å². The Balaban J connectivity index is 0.000000595. The van der Waals surface area contributed by atoms with E-state index >= 15 is 0 Å². The van der Waals surface area contributed by atoms with Gasteiger partial charge in [-0.2, -0.15) is 30.5 Å². The summed E-state index contributed by atoms with van der Waals surface area (Å²) in [6.07, 6.45) is -0.145. The van der Waals surface area contributed by atoms with Crippen molar-refractivity contribution in [2.75, 3.05) is 6.61 Å². The number of carbonyl (C=O) groups is 3. The van der Waals surface area contributed by atoms with E-state index < -0.39 is 29.5 Å². The molecular weight excluding hydrogens is 560 g/mol. The third-order valence-corrected chi connectivity index (χ3v) is 3.95. The molecule has 0 spiro atoms. The van der Waals surface area contributed by atoms with E-state index in [1.807, 2.05) is 0 Å². The number of carbonyl (C=O) groups excluding carboxylic acids is 3. The van der Waals surface area contributed by atoms with Crippen molar-refractivity contribution in [2.45, 2.75) is 39.2 Å². The minimum atomic E-state index is -1.22. The number of aromatic nitrogens is 6. The van der Waals surface area contributed by atoms with Gasteiger partial charge in [-0.05, 0) is 60.3 Å². The van der Waals surface area contributed by atoms with Crippen molar-refractivity contribution < 1.29 is 19.1 Å². The minimum absolute atomic E-state index is 0.000000000000000444. The van der Waals surface area contributed by atoms with E-state index in [4.69, 9.17) is 63.5 Å². The second-order valence-electron chi connectivity index (χ2n) is 5.92. The summed E-state index contributed by atoms with van der Waals surface area (Å²) in [5, 5.41) is 16.5. The predicted molar refractivity (Wildman–Crippen MR) is 126 cm³/mol. The molecule has 0 aromatic carbocycles. The Hall–Kier alpha value is -3.54. The van der Waals surface area contributed by atoms with Crippen LogP contribution in [0.15, 0.2) is 0 Å². The van der Waals surface area contributed by atoms with Gasteiger partial charge < -0.3 is 4.74 Å². The second-order valence-corrected chi connectivity index (χ2v) is 7.27. The maximum atomic E-state index is 11.3. The molecule has 0 saturated carbocycles. The van der Waals surface area contributed by atoms with E-state index in [2.05, 4.69) is 39.5 Å². The van der Waals surface area contributed by atoms with Crippen molar-refractivity contribution >= 4 is 63.9 Å². The van der Waals surface area contributed by atoms with Crippen molar-refractivity contribution in [1.82, 2.24) is 29.9 Å². The summed E-state index contributed by atoms with van der Waals surface area (Å²) in [6.45, 7) is 11.4. The van der Waals surface area contributed by atoms with Gasteiger partial charge in [-0.1, -0.05) is 0 Å². The highest BCUT2D eigenvalue weighted by molar-refractivity contribution is 6.33. The molecule has 2 heterocycles. The molecule has 0 saturated heterocycles. The molecule has 17 heteroatoms. The highest BCUT2D eigenvalue weighted by atomic mass is 35.5. The van der Waals surface area contributed by atoms with Gasteiger partial charge in [0.15, 0.2) is 17.5 Å². The molecule has 2 atom stereocenters. The molecule has 2 unspecified atom stereocenters. The van der Waals surface area contributed by atoms with Gasteiger partial charge in [-0.15, -0.1) is 0 Å². The standard InChI is InChI=1S/C11H8ClN5O2.C5H7NO2.C3Cl3N3/c1-5(18)7(4-13)9-15-10(17-11(12)16-9)8(14-3)6(2)19;1-2-8-5(7)3-4-6;4-1-7-2(5)9-3(6)8-1/h7-8H,1-2H3;2-3H2,1H3;. The Morgan fingerprint density at radius 3 is 1.72 bits per heavy atom. The summed E-state index contributed by atoms with van der Waals surface area (Å²) >= 11 is 21.6. The zero-order valence-corrected chi connectivity index (χ0v) is 21.8. The Labute approximate surface area is 225 Å². The van der Waals surface area contributed by atoms with Gasteiger partial charge in [0.2, 0.25) is 32.7 Å². The lowest BCUT2D eigenvalue weighted by molar-refractivity contribution is -0.141. The van der Waals surface area contributed by atoms with Crippen LogP contribution < -0.4 is 0 Å². The van der Waals surface area contributed by atoms with Gasteiger partial charge in [-0.25, -0.2) is 16.5 Å². The first-order valence-electron chi connectivity index (χ1n) is 9.33. The summed E-state index contributed by atoms with van der Waals surface area (Å²) in [5.74, 6) is -2.87. The monoisotopic (exact) mass is 573 g/mol. The average Bonchev–Trinajstić information content (AvgIpc) is 2.74. The maximum absolute atomic E-state index is 11.3. The van der Waals surface area contributed by atoms with Crippen molar-refractivity contribution in [3.05, 3.63) is 44.2 Å². The van der Waals surface area contributed by atoms with Crippen molar-refractivity contribution in [3.63, 3.8) is 0 Å². The Morgan fingerprint density at radius 1 is 0.889 bits per heavy atom. The van der Waals surface area contributed by atoms with Gasteiger partial charge >= 0.3 is 12.0 Å². The molecular formula is C19H15Cl4N9O4. The molecule has 0 aliphatic carbocycles. The summed E-state index contributed by atoms with van der Waals surface area (Å²) in [6, 6.07) is 2.20. The summed E-state index contributed by atoms with van der Waals surface area (Å²) < 4.78 is 4.42. The minimum Gasteiger partial charge on any atom is -0.465 e. The summed E-state index contributed by atoms with van der Waals surface area (Å²) in [5.41, 5.74) is 0. The molecule has 36 heavy (non-hydrogen) atoms. The van der Waals surface area contributed by atoms with E-state index in [0.717, 1.165) is 0 Å². The fourth-order valence-corrected chi connectivity index (χ4v) is 2.66. The fraction of sp³-hybridized carbons (Fsp3) is 0.368. The normalized spacial score (nSPS) is 10.9. The molecule has 13 nitrogen and oxygen atoms in total. The first kappa shape index (κ1) is 32.5. The Bertz CT molecular complexity index is 1120. The van der Waals surface area contributed by atoms with E-state index in [0.29, 0.717) is 6.61 Å². The van der Waals surface area contributed by atoms with Crippen molar-refractivity contribution in [3.8, 4) is 12.1 Å². The van der Waals surface area contributed by atoms with Crippen LogP contribution >= 0.6 is 46.4 Å². The highest BCUT2D eigenvalue weighted by Crippen LogP contribution is 2.19. The van der Waals surface area contributed by atoms with Crippen LogP contribution in [0.25, 0.3) is 4.85 Å². The molecule has 0 N–H and O–H groups in total. The lowest BCUT2D eigenvalue weighted by Gasteiger charge is -2.06. The van der Waals surface area contributed by atoms with Gasteiger partial charge in [0.1, 0.15) is 6.42 Å². The molecule has 2 rings (SSSR count). The maximum Gasteiger partial charge on any atom is 0.339 e. The van der Waals surface area contributed by atoms with E-state index in [1.165, 1.54) is 13.8 Å². The number of esters is 1. The number of hydrogen-bond donors (Lipinski definition) is 0. The molecule has 2 aromatic heterocycles. The first-order chi connectivity index (χ1) is 16.9. The van der Waals surface area contributed by atoms with Crippen LogP contribution in [0.2, 0.25) is 21.1 Å². The van der Waals surface area contributed by atoms with Crippen LogP contribution in [0.3, 0.4) is 0 Å². The molecule has 0 radical (unpaired) electrons. The molecule has 0 aliphatic heterocycles. The van der Waals surface area contributed by atoms with E-state index in [-0.39, 0.29) is 39.2 Å². The Morgan fingerprint density at radius 2 is 1.36 bits per heavy atom. The molecule has 188 valence electrons. The van der Waals surface area contributed by atoms with E-state index in [1.54, 1.807) is 19.1 Å². The van der Waals surface area contributed by atoms with E-state index in [9.17, 15) is 14.4 Å². The van der Waals surface area contributed by atoms with Crippen LogP contribution in [0.1, 0.15) is 50.8 Å². The van der Waals surface area contributed by atoms with Gasteiger partial charge in [0.25, 0.3) is 0 Å². The average molecular weight is 575 g/mol. The number of ketones is 2. The number of nitriles is 2. The first-order valence-corrected chi connectivity index (χ1v) is 10.8. The third-order valence-electron chi connectivity index (χ3n) is 3.28.